The molecule has 7 rings (SSSR count). The first-order valence-corrected chi connectivity index (χ1v) is 11.6. The Kier molecular flexibility index (Phi) is 4.67. The summed E-state index contributed by atoms with van der Waals surface area (Å²) in [6.45, 7) is 0. The Balaban J connectivity index is 1.48. The third-order valence-electron chi connectivity index (χ3n) is 6.21. The van der Waals surface area contributed by atoms with Crippen LogP contribution >= 0.6 is 0 Å². The maximum Gasteiger partial charge on any atom is 0.115 e. The van der Waals surface area contributed by atoms with Crippen molar-refractivity contribution < 1.29 is 0 Å². The number of benzene rings is 2. The van der Waals surface area contributed by atoms with Crippen molar-refractivity contribution in [3.63, 3.8) is 0 Å². The van der Waals surface area contributed by atoms with Crippen molar-refractivity contribution in [1.82, 2.24) is 19.9 Å². The molecule has 0 saturated heterocycles. The van der Waals surface area contributed by atoms with Crippen molar-refractivity contribution in [3.05, 3.63) is 132 Å². The molecule has 0 saturated carbocycles. The minimum Gasteiger partial charge on any atom is -0.256 e. The molecule has 168 valence electrons. The summed E-state index contributed by atoms with van der Waals surface area (Å²) in [5, 5.41) is 2.07. The lowest BCUT2D eigenvalue weighted by Crippen LogP contribution is -2.13. The highest BCUT2D eigenvalue weighted by molar-refractivity contribution is 6.21. The lowest BCUT2D eigenvalue weighted by molar-refractivity contribution is 1.21. The largest absolute Gasteiger partial charge is 0.256 e. The van der Waals surface area contributed by atoms with Gasteiger partial charge in [-0.25, -0.2) is 9.98 Å². The zero-order valence-electron chi connectivity index (χ0n) is 19.1. The van der Waals surface area contributed by atoms with E-state index in [2.05, 4.69) is 22.1 Å². The smallest absolute Gasteiger partial charge is 0.115 e. The molecule has 0 fully saturated rings. The minimum absolute atomic E-state index is 0.690. The average molecular weight is 463 g/mol. The molecule has 0 amide bonds. The van der Waals surface area contributed by atoms with Crippen LogP contribution in [0.25, 0.3) is 21.8 Å². The second-order valence-corrected chi connectivity index (χ2v) is 8.50. The van der Waals surface area contributed by atoms with Gasteiger partial charge in [-0.1, -0.05) is 36.4 Å². The summed E-state index contributed by atoms with van der Waals surface area (Å²) in [5.41, 5.74) is 7.82. The number of nitrogens with zero attached hydrogens (tertiary/aromatic N) is 6. The molecule has 2 aromatic carbocycles. The molecule has 6 aromatic rings. The quantitative estimate of drug-likeness (QED) is 0.305. The Morgan fingerprint density at radius 3 is 1.42 bits per heavy atom. The highest BCUT2D eigenvalue weighted by Gasteiger charge is 2.22. The number of fused-ring (bicyclic) bond motifs is 4. The average Bonchev–Trinajstić information content (AvgIpc) is 2.94. The van der Waals surface area contributed by atoms with Crippen LogP contribution in [0.15, 0.2) is 120 Å². The van der Waals surface area contributed by atoms with Crippen molar-refractivity contribution in [1.29, 1.82) is 0 Å². The van der Waals surface area contributed by atoms with E-state index in [4.69, 9.17) is 20.0 Å². The molecule has 0 unspecified atom stereocenters. The van der Waals surface area contributed by atoms with E-state index in [9.17, 15) is 0 Å². The maximum absolute atomic E-state index is 5.11. The Morgan fingerprint density at radius 1 is 0.444 bits per heavy atom. The third kappa shape index (κ3) is 3.44. The van der Waals surface area contributed by atoms with Gasteiger partial charge in [0.25, 0.3) is 0 Å². The van der Waals surface area contributed by atoms with Crippen LogP contribution in [0.5, 0.6) is 0 Å². The van der Waals surface area contributed by atoms with Crippen molar-refractivity contribution in [2.24, 2.45) is 9.98 Å². The number of rotatable bonds is 2. The highest BCUT2D eigenvalue weighted by atomic mass is 14.9. The van der Waals surface area contributed by atoms with E-state index in [1.165, 1.54) is 0 Å². The molecule has 0 aliphatic carbocycles. The summed E-state index contributed by atoms with van der Waals surface area (Å²) < 4.78 is 0. The Labute approximate surface area is 206 Å². The Hall–Kier alpha value is -5.10. The van der Waals surface area contributed by atoms with Crippen LogP contribution in [0.1, 0.15) is 22.5 Å². The van der Waals surface area contributed by atoms with Crippen LogP contribution in [-0.2, 0) is 0 Å². The fraction of sp³-hybridized carbons (Fsp3) is 0. The number of aliphatic imine (C=N–C) groups is 2. The van der Waals surface area contributed by atoms with Crippen molar-refractivity contribution in [3.8, 4) is 0 Å². The third-order valence-corrected chi connectivity index (χ3v) is 6.21. The van der Waals surface area contributed by atoms with E-state index in [0.29, 0.717) is 34.2 Å². The van der Waals surface area contributed by atoms with Gasteiger partial charge in [0.2, 0.25) is 0 Å². The van der Waals surface area contributed by atoms with Crippen LogP contribution in [0.4, 0.5) is 11.4 Å². The summed E-state index contributed by atoms with van der Waals surface area (Å²) in [6, 6.07) is 27.9. The van der Waals surface area contributed by atoms with Gasteiger partial charge in [-0.3, -0.25) is 19.9 Å². The van der Waals surface area contributed by atoms with E-state index < -0.39 is 0 Å². The van der Waals surface area contributed by atoms with Crippen molar-refractivity contribution in [2.45, 2.75) is 0 Å². The summed E-state index contributed by atoms with van der Waals surface area (Å²) in [5.74, 6) is 0. The number of aromatic nitrogens is 4. The first kappa shape index (κ1) is 20.3. The number of para-hydroxylation sites is 2. The Morgan fingerprint density at radius 2 is 0.917 bits per heavy atom. The van der Waals surface area contributed by atoms with Crippen LogP contribution in [0.3, 0.4) is 0 Å². The van der Waals surface area contributed by atoms with Gasteiger partial charge in [0.05, 0.1) is 22.4 Å². The standard InChI is InChI=1S/C30H18N6/c1-3-9-23-19(7-1)15-21(17-33-23)27-29-25(11-5-13-31-29)36-28(30-26(35-27)12-6-14-32-30)22-16-20-8-2-4-10-24(20)34-18-22/h1-18H. The summed E-state index contributed by atoms with van der Waals surface area (Å²) in [4.78, 5) is 29.0. The molecule has 0 spiro atoms. The summed E-state index contributed by atoms with van der Waals surface area (Å²) in [7, 11) is 0. The molecule has 36 heavy (non-hydrogen) atoms. The number of pyridine rings is 4. The first-order valence-electron chi connectivity index (χ1n) is 11.6. The van der Waals surface area contributed by atoms with Gasteiger partial charge >= 0.3 is 0 Å². The van der Waals surface area contributed by atoms with Gasteiger partial charge in [-0.05, 0) is 48.5 Å². The highest BCUT2D eigenvalue weighted by Crippen LogP contribution is 2.32. The lowest BCUT2D eigenvalue weighted by atomic mass is 10.0. The molecule has 6 heteroatoms. The molecular weight excluding hydrogens is 444 g/mol. The number of hydrogen-bond donors (Lipinski definition) is 0. The van der Waals surface area contributed by atoms with E-state index in [1.54, 1.807) is 12.4 Å². The van der Waals surface area contributed by atoms with E-state index >= 15 is 0 Å². The second kappa shape index (κ2) is 8.29. The summed E-state index contributed by atoms with van der Waals surface area (Å²) in [6.07, 6.45) is 7.22. The van der Waals surface area contributed by atoms with Gasteiger partial charge in [-0.15, -0.1) is 0 Å². The minimum atomic E-state index is 0.690. The SMILES string of the molecule is c1cnc2c(c1)N=C(c1cnc3ccccc3c1)c1ncccc1N=C2c1cnc2ccccc2c1. The van der Waals surface area contributed by atoms with E-state index in [-0.39, 0.29) is 0 Å². The Bertz CT molecular complexity index is 1720. The van der Waals surface area contributed by atoms with Gasteiger partial charge in [0, 0.05) is 46.7 Å². The fourth-order valence-electron chi connectivity index (χ4n) is 4.49. The topological polar surface area (TPSA) is 76.3 Å². The van der Waals surface area contributed by atoms with Gasteiger partial charge in [0.1, 0.15) is 22.8 Å². The number of hydrogen-bond acceptors (Lipinski definition) is 6. The molecule has 4 aromatic heterocycles. The lowest BCUT2D eigenvalue weighted by Gasteiger charge is -2.16. The molecule has 1 aliphatic rings. The van der Waals surface area contributed by atoms with Gasteiger partial charge < -0.3 is 0 Å². The van der Waals surface area contributed by atoms with Crippen LogP contribution in [0.2, 0.25) is 0 Å². The molecule has 0 bridgehead atoms. The first-order chi connectivity index (χ1) is 17.8. The van der Waals surface area contributed by atoms with Gasteiger partial charge in [-0.2, -0.15) is 0 Å². The van der Waals surface area contributed by atoms with Crippen LogP contribution in [0, 0.1) is 0 Å². The van der Waals surface area contributed by atoms with E-state index in [1.807, 2.05) is 85.2 Å². The monoisotopic (exact) mass is 462 g/mol. The molecule has 0 atom stereocenters. The molecule has 5 heterocycles. The second-order valence-electron chi connectivity index (χ2n) is 8.50. The molecule has 0 N–H and O–H groups in total. The van der Waals surface area contributed by atoms with Crippen molar-refractivity contribution in [2.75, 3.05) is 0 Å². The van der Waals surface area contributed by atoms with Crippen molar-refractivity contribution >= 4 is 44.6 Å². The van der Waals surface area contributed by atoms with E-state index in [0.717, 1.165) is 32.9 Å². The molecule has 0 radical (unpaired) electrons. The predicted octanol–water partition coefficient (Wildman–Crippen LogP) is 6.22. The maximum atomic E-state index is 5.11. The van der Waals surface area contributed by atoms with Crippen LogP contribution in [-0.4, -0.2) is 31.4 Å². The zero-order chi connectivity index (χ0) is 23.9. The molecule has 6 nitrogen and oxygen atoms in total. The molecule has 1 aliphatic heterocycles. The molecular formula is C30H18N6. The predicted molar refractivity (Wildman–Crippen MR) is 143 cm³/mol. The van der Waals surface area contributed by atoms with Crippen LogP contribution < -0.4 is 0 Å². The zero-order valence-corrected chi connectivity index (χ0v) is 19.1. The normalized spacial score (nSPS) is 12.8. The van der Waals surface area contributed by atoms with Gasteiger partial charge in [0.15, 0.2) is 0 Å². The summed E-state index contributed by atoms with van der Waals surface area (Å²) >= 11 is 0. The fourth-order valence-corrected chi connectivity index (χ4v) is 4.49.